The van der Waals surface area contributed by atoms with E-state index < -0.39 is 15.8 Å². The molecule has 3 aliphatic rings. The zero-order chi connectivity index (χ0) is 19.9. The highest BCUT2D eigenvalue weighted by molar-refractivity contribution is 7.91. The molecule has 28 heavy (non-hydrogen) atoms. The van der Waals surface area contributed by atoms with Gasteiger partial charge in [0.2, 0.25) is 11.8 Å². The van der Waals surface area contributed by atoms with Crippen LogP contribution in [0.2, 0.25) is 0 Å². The van der Waals surface area contributed by atoms with E-state index in [-0.39, 0.29) is 41.6 Å². The van der Waals surface area contributed by atoms with Crippen molar-refractivity contribution in [3.63, 3.8) is 0 Å². The van der Waals surface area contributed by atoms with E-state index in [0.717, 1.165) is 0 Å². The minimum absolute atomic E-state index is 0.000957. The van der Waals surface area contributed by atoms with Crippen LogP contribution in [0.3, 0.4) is 0 Å². The summed E-state index contributed by atoms with van der Waals surface area (Å²) < 4.78 is 37.3. The molecule has 4 rings (SSSR count). The number of para-hydroxylation sites is 1. The molecule has 7 nitrogen and oxygen atoms in total. The van der Waals surface area contributed by atoms with E-state index in [1.807, 2.05) is 4.90 Å². The van der Waals surface area contributed by atoms with Crippen LogP contribution in [0.4, 0.5) is 10.1 Å². The molecule has 1 aromatic rings. The van der Waals surface area contributed by atoms with Gasteiger partial charge in [-0.05, 0) is 18.6 Å². The summed E-state index contributed by atoms with van der Waals surface area (Å²) in [6.07, 6.45) is 0.596. The molecule has 0 aliphatic carbocycles. The van der Waals surface area contributed by atoms with Crippen molar-refractivity contribution >= 4 is 27.3 Å². The number of nitrogens with zero attached hydrogens (tertiary/aromatic N) is 3. The topological polar surface area (TPSA) is 78.0 Å². The summed E-state index contributed by atoms with van der Waals surface area (Å²) in [5.41, 5.74) is 0.541. The van der Waals surface area contributed by atoms with Gasteiger partial charge in [0.25, 0.3) is 0 Å². The van der Waals surface area contributed by atoms with Crippen LogP contribution in [0, 0.1) is 11.7 Å². The monoisotopic (exact) mass is 409 g/mol. The molecular formula is C19H24FN3O4S. The number of halogens is 1. The summed E-state index contributed by atoms with van der Waals surface area (Å²) in [5.74, 6) is -0.782. The van der Waals surface area contributed by atoms with E-state index in [1.54, 1.807) is 28.0 Å². The maximum atomic E-state index is 14.0. The van der Waals surface area contributed by atoms with Crippen molar-refractivity contribution in [2.24, 2.45) is 5.92 Å². The van der Waals surface area contributed by atoms with Gasteiger partial charge in [-0.15, -0.1) is 0 Å². The SMILES string of the molecule is O=C([C@H]1CC(=O)N([C@@H]2CCS(=O)(=O)C2)C1)N1CCN(c2ccccc2F)CC1. The van der Waals surface area contributed by atoms with Gasteiger partial charge < -0.3 is 14.7 Å². The number of benzene rings is 1. The Balaban J connectivity index is 1.35. The first-order valence-electron chi connectivity index (χ1n) is 9.62. The minimum Gasteiger partial charge on any atom is -0.366 e. The Morgan fingerprint density at radius 2 is 1.82 bits per heavy atom. The molecule has 3 aliphatic heterocycles. The zero-order valence-electron chi connectivity index (χ0n) is 15.6. The number of carbonyl (C=O) groups excluding carboxylic acids is 2. The summed E-state index contributed by atoms with van der Waals surface area (Å²) in [6.45, 7) is 2.34. The standard InChI is InChI=1S/C19H24FN3O4S/c20-16-3-1-2-4-17(16)21-6-8-22(9-7-21)19(25)14-11-18(24)23(12-14)15-5-10-28(26,27)13-15/h1-4,14-15H,5-13H2/t14-,15+/m0/s1. The largest absolute Gasteiger partial charge is 0.366 e. The number of piperazine rings is 1. The summed E-state index contributed by atoms with van der Waals surface area (Å²) in [4.78, 5) is 30.5. The van der Waals surface area contributed by atoms with Crippen molar-refractivity contribution in [1.82, 2.24) is 9.80 Å². The van der Waals surface area contributed by atoms with Crippen LogP contribution in [0.5, 0.6) is 0 Å². The molecule has 2 amide bonds. The lowest BCUT2D eigenvalue weighted by molar-refractivity contribution is -0.136. The quantitative estimate of drug-likeness (QED) is 0.727. The van der Waals surface area contributed by atoms with E-state index in [0.29, 0.717) is 44.8 Å². The number of hydrogen-bond donors (Lipinski definition) is 0. The van der Waals surface area contributed by atoms with Crippen LogP contribution in [-0.2, 0) is 19.4 Å². The van der Waals surface area contributed by atoms with Gasteiger partial charge in [-0.1, -0.05) is 12.1 Å². The molecule has 3 saturated heterocycles. The fourth-order valence-corrected chi connectivity index (χ4v) is 6.14. The number of amides is 2. The normalized spacial score (nSPS) is 27.5. The van der Waals surface area contributed by atoms with E-state index in [4.69, 9.17) is 0 Å². The summed E-state index contributed by atoms with van der Waals surface area (Å²) in [5, 5.41) is 0. The average molecular weight is 409 g/mol. The predicted octanol–water partition coefficient (Wildman–Crippen LogP) is 0.510. The van der Waals surface area contributed by atoms with Crippen molar-refractivity contribution in [2.75, 3.05) is 49.1 Å². The highest BCUT2D eigenvalue weighted by Gasteiger charge is 2.43. The Bertz CT molecular complexity index is 883. The van der Waals surface area contributed by atoms with Gasteiger partial charge in [0.15, 0.2) is 9.84 Å². The molecule has 0 radical (unpaired) electrons. The molecule has 9 heteroatoms. The number of hydrogen-bond acceptors (Lipinski definition) is 5. The van der Waals surface area contributed by atoms with Crippen LogP contribution >= 0.6 is 0 Å². The highest BCUT2D eigenvalue weighted by Crippen LogP contribution is 2.28. The number of anilines is 1. The lowest BCUT2D eigenvalue weighted by Gasteiger charge is -2.37. The number of carbonyl (C=O) groups is 2. The third-order valence-electron chi connectivity index (χ3n) is 5.94. The Hall–Kier alpha value is -2.16. The molecular weight excluding hydrogens is 385 g/mol. The van der Waals surface area contributed by atoms with Gasteiger partial charge in [0.05, 0.1) is 23.1 Å². The Kier molecular flexibility index (Phi) is 5.03. The number of sulfone groups is 1. The minimum atomic E-state index is -3.08. The molecule has 152 valence electrons. The lowest BCUT2D eigenvalue weighted by Crippen LogP contribution is -2.51. The Labute approximate surface area is 164 Å². The first kappa shape index (κ1) is 19.2. The first-order chi connectivity index (χ1) is 13.3. The van der Waals surface area contributed by atoms with Crippen molar-refractivity contribution in [2.45, 2.75) is 18.9 Å². The van der Waals surface area contributed by atoms with Crippen molar-refractivity contribution < 1.29 is 22.4 Å². The molecule has 0 unspecified atom stereocenters. The molecule has 0 N–H and O–H groups in total. The van der Waals surface area contributed by atoms with Crippen LogP contribution in [-0.4, -0.2) is 80.3 Å². The van der Waals surface area contributed by atoms with Crippen LogP contribution in [0.25, 0.3) is 0 Å². The van der Waals surface area contributed by atoms with E-state index in [1.165, 1.54) is 6.07 Å². The third kappa shape index (κ3) is 3.72. The fraction of sp³-hybridized carbons (Fsp3) is 0.579. The van der Waals surface area contributed by atoms with Gasteiger partial charge in [-0.25, -0.2) is 12.8 Å². The van der Waals surface area contributed by atoms with E-state index in [9.17, 15) is 22.4 Å². The fourth-order valence-electron chi connectivity index (χ4n) is 4.41. The molecule has 1 aromatic carbocycles. The first-order valence-corrected chi connectivity index (χ1v) is 11.4. The molecule has 0 bridgehead atoms. The van der Waals surface area contributed by atoms with Crippen molar-refractivity contribution in [3.05, 3.63) is 30.1 Å². The molecule has 0 saturated carbocycles. The second-order valence-corrected chi connectivity index (χ2v) is 10.00. The second-order valence-electron chi connectivity index (χ2n) is 7.77. The summed E-state index contributed by atoms with van der Waals surface area (Å²) in [7, 11) is -3.08. The number of rotatable bonds is 3. The number of likely N-dealkylation sites (tertiary alicyclic amines) is 1. The molecule has 3 fully saturated rings. The van der Waals surface area contributed by atoms with Crippen molar-refractivity contribution in [3.8, 4) is 0 Å². The lowest BCUT2D eigenvalue weighted by atomic mass is 10.1. The van der Waals surface area contributed by atoms with Gasteiger partial charge in [-0.2, -0.15) is 0 Å². The molecule has 3 heterocycles. The smallest absolute Gasteiger partial charge is 0.228 e. The van der Waals surface area contributed by atoms with Crippen LogP contribution < -0.4 is 4.90 Å². The Morgan fingerprint density at radius 1 is 1.11 bits per heavy atom. The third-order valence-corrected chi connectivity index (χ3v) is 7.69. The summed E-state index contributed by atoms with van der Waals surface area (Å²) >= 11 is 0. The van der Waals surface area contributed by atoms with Gasteiger partial charge in [-0.3, -0.25) is 9.59 Å². The van der Waals surface area contributed by atoms with Crippen LogP contribution in [0.1, 0.15) is 12.8 Å². The van der Waals surface area contributed by atoms with Gasteiger partial charge in [0.1, 0.15) is 5.82 Å². The van der Waals surface area contributed by atoms with Crippen LogP contribution in [0.15, 0.2) is 24.3 Å². The molecule has 0 aromatic heterocycles. The maximum Gasteiger partial charge on any atom is 0.228 e. The van der Waals surface area contributed by atoms with E-state index >= 15 is 0 Å². The average Bonchev–Trinajstić information content (AvgIpc) is 3.23. The predicted molar refractivity (Wildman–Crippen MR) is 102 cm³/mol. The zero-order valence-corrected chi connectivity index (χ0v) is 16.4. The molecule has 2 atom stereocenters. The maximum absolute atomic E-state index is 14.0. The molecule has 0 spiro atoms. The van der Waals surface area contributed by atoms with Crippen molar-refractivity contribution in [1.29, 1.82) is 0 Å². The second kappa shape index (κ2) is 7.35. The van der Waals surface area contributed by atoms with Gasteiger partial charge in [0, 0.05) is 45.2 Å². The highest BCUT2D eigenvalue weighted by atomic mass is 32.2. The van der Waals surface area contributed by atoms with E-state index in [2.05, 4.69) is 0 Å². The Morgan fingerprint density at radius 3 is 2.46 bits per heavy atom. The summed E-state index contributed by atoms with van der Waals surface area (Å²) in [6, 6.07) is 6.30. The van der Waals surface area contributed by atoms with Gasteiger partial charge >= 0.3 is 0 Å².